The van der Waals surface area contributed by atoms with Gasteiger partial charge in [0.25, 0.3) is 0 Å². The molecule has 0 bridgehead atoms. The van der Waals surface area contributed by atoms with Crippen molar-refractivity contribution in [1.82, 2.24) is 18.3 Å². The Morgan fingerprint density at radius 1 is 1.04 bits per heavy atom. The number of aryl methyl sites for hydroxylation is 2. The molecular weight excluding hydrogens is 372 g/mol. The number of hydrogen-bond donors (Lipinski definition) is 0. The molecule has 1 aliphatic rings. The molecule has 146 valence electrons. The monoisotopic (exact) mass is 394 g/mol. The van der Waals surface area contributed by atoms with Crippen LogP contribution in [0.25, 0.3) is 11.0 Å². The molecule has 2 heterocycles. The van der Waals surface area contributed by atoms with E-state index in [1.807, 2.05) is 0 Å². The average molecular weight is 394 g/mol. The van der Waals surface area contributed by atoms with Crippen LogP contribution >= 0.6 is 0 Å². The van der Waals surface area contributed by atoms with Gasteiger partial charge in [0.05, 0.1) is 22.5 Å². The predicted molar refractivity (Wildman–Crippen MR) is 100 cm³/mol. The average Bonchev–Trinajstić information content (AvgIpc) is 3.19. The molecule has 1 saturated heterocycles. The number of aromatic nitrogens is 2. The maximum absolute atomic E-state index is 12.9. The number of nitrogens with zero attached hydrogens (tertiary/aromatic N) is 4. The Balaban J connectivity index is 1.99. The highest BCUT2D eigenvalue weighted by Crippen LogP contribution is 2.20. The predicted octanol–water partition coefficient (Wildman–Crippen LogP) is -0.520. The second-order valence-corrected chi connectivity index (χ2v) is 8.77. The largest absolute Gasteiger partial charge is 0.342 e. The first-order chi connectivity index (χ1) is 12.6. The Morgan fingerprint density at radius 2 is 1.59 bits per heavy atom. The molecule has 1 aromatic carbocycles. The number of likely N-dealkylation sites (tertiary alicyclic amines) is 1. The van der Waals surface area contributed by atoms with Crippen LogP contribution in [0.15, 0.2) is 32.7 Å². The van der Waals surface area contributed by atoms with Crippen LogP contribution in [-0.2, 0) is 28.9 Å². The molecule has 0 atom stereocenters. The normalized spacial score (nSPS) is 15.0. The van der Waals surface area contributed by atoms with Gasteiger partial charge in [-0.1, -0.05) is 0 Å². The SMILES string of the molecule is CN(CC(=O)N1CCCC1)S(=O)(=O)c1ccc2c(c1)n(C)c(=O)c(=O)n2C. The zero-order valence-electron chi connectivity index (χ0n) is 15.5. The van der Waals surface area contributed by atoms with Crippen molar-refractivity contribution < 1.29 is 13.2 Å². The summed E-state index contributed by atoms with van der Waals surface area (Å²) in [5.41, 5.74) is -0.662. The highest BCUT2D eigenvalue weighted by molar-refractivity contribution is 7.89. The first-order valence-electron chi connectivity index (χ1n) is 8.58. The highest BCUT2D eigenvalue weighted by atomic mass is 32.2. The van der Waals surface area contributed by atoms with E-state index in [1.54, 1.807) is 4.90 Å². The van der Waals surface area contributed by atoms with Gasteiger partial charge in [-0.3, -0.25) is 14.4 Å². The summed E-state index contributed by atoms with van der Waals surface area (Å²) >= 11 is 0. The summed E-state index contributed by atoms with van der Waals surface area (Å²) in [4.78, 5) is 37.8. The fourth-order valence-electron chi connectivity index (χ4n) is 3.24. The number of rotatable bonds is 4. The van der Waals surface area contributed by atoms with Crippen LogP contribution in [0.5, 0.6) is 0 Å². The number of likely N-dealkylation sites (N-methyl/N-ethyl adjacent to an activating group) is 1. The lowest BCUT2D eigenvalue weighted by molar-refractivity contribution is -0.130. The summed E-state index contributed by atoms with van der Waals surface area (Å²) < 4.78 is 29.1. The van der Waals surface area contributed by atoms with Crippen molar-refractivity contribution in [2.45, 2.75) is 17.7 Å². The molecule has 0 N–H and O–H groups in total. The minimum Gasteiger partial charge on any atom is -0.342 e. The minimum atomic E-state index is -3.92. The molecule has 1 aromatic heterocycles. The van der Waals surface area contributed by atoms with E-state index in [0.717, 1.165) is 21.7 Å². The molecule has 0 aliphatic carbocycles. The molecule has 0 unspecified atom stereocenters. The number of carbonyl (C=O) groups is 1. The smallest absolute Gasteiger partial charge is 0.316 e. The molecule has 9 nitrogen and oxygen atoms in total. The van der Waals surface area contributed by atoms with Gasteiger partial charge in [0, 0.05) is 34.2 Å². The Hall–Kier alpha value is -2.46. The van der Waals surface area contributed by atoms with Crippen LogP contribution in [-0.4, -0.2) is 59.3 Å². The van der Waals surface area contributed by atoms with E-state index in [0.29, 0.717) is 24.1 Å². The van der Waals surface area contributed by atoms with E-state index in [9.17, 15) is 22.8 Å². The van der Waals surface area contributed by atoms with Crippen molar-refractivity contribution in [3.63, 3.8) is 0 Å². The lowest BCUT2D eigenvalue weighted by atomic mass is 10.3. The van der Waals surface area contributed by atoms with E-state index in [1.165, 1.54) is 43.9 Å². The van der Waals surface area contributed by atoms with Gasteiger partial charge in [-0.05, 0) is 31.0 Å². The summed E-state index contributed by atoms with van der Waals surface area (Å²) in [7, 11) is 0.309. The van der Waals surface area contributed by atoms with E-state index in [2.05, 4.69) is 0 Å². The topological polar surface area (TPSA) is 102 Å². The van der Waals surface area contributed by atoms with Crippen molar-refractivity contribution in [3.8, 4) is 0 Å². The molecule has 10 heteroatoms. The molecule has 0 saturated carbocycles. The van der Waals surface area contributed by atoms with Crippen LogP contribution in [0, 0.1) is 0 Å². The Labute approximate surface area is 156 Å². The molecule has 1 aliphatic heterocycles. The van der Waals surface area contributed by atoms with Crippen molar-refractivity contribution in [1.29, 1.82) is 0 Å². The zero-order valence-corrected chi connectivity index (χ0v) is 16.3. The lowest BCUT2D eigenvalue weighted by Crippen LogP contribution is -2.40. The van der Waals surface area contributed by atoms with Crippen LogP contribution in [0.2, 0.25) is 0 Å². The van der Waals surface area contributed by atoms with E-state index >= 15 is 0 Å². The van der Waals surface area contributed by atoms with Gasteiger partial charge < -0.3 is 14.0 Å². The molecule has 1 amide bonds. The molecular formula is C17H22N4O5S. The van der Waals surface area contributed by atoms with Crippen LogP contribution < -0.4 is 11.1 Å². The number of benzene rings is 1. The standard InChI is InChI=1S/C17H22N4O5S/c1-18(11-15(22)21-8-4-5-9-21)27(25,26)12-6-7-13-14(10-12)20(3)17(24)16(23)19(13)2/h6-7,10H,4-5,8-9,11H2,1-3H3. The molecule has 2 aromatic rings. The van der Waals surface area contributed by atoms with Crippen molar-refractivity contribution in [3.05, 3.63) is 38.9 Å². The molecule has 3 rings (SSSR count). The minimum absolute atomic E-state index is 0.0413. The van der Waals surface area contributed by atoms with Gasteiger partial charge in [0.2, 0.25) is 15.9 Å². The fourth-order valence-corrected chi connectivity index (χ4v) is 4.38. The van der Waals surface area contributed by atoms with Crippen LogP contribution in [0.1, 0.15) is 12.8 Å². The first-order valence-corrected chi connectivity index (χ1v) is 10.0. The fraction of sp³-hybridized carbons (Fsp3) is 0.471. The highest BCUT2D eigenvalue weighted by Gasteiger charge is 2.27. The first kappa shape index (κ1) is 19.3. The lowest BCUT2D eigenvalue weighted by Gasteiger charge is -2.21. The Kier molecular flexibility index (Phi) is 4.96. The van der Waals surface area contributed by atoms with Crippen LogP contribution in [0.4, 0.5) is 0 Å². The zero-order chi connectivity index (χ0) is 19.9. The third kappa shape index (κ3) is 3.30. The van der Waals surface area contributed by atoms with Gasteiger partial charge in [0.15, 0.2) is 0 Å². The number of amides is 1. The Bertz CT molecular complexity index is 1130. The Morgan fingerprint density at radius 3 is 2.19 bits per heavy atom. The maximum Gasteiger partial charge on any atom is 0.316 e. The van der Waals surface area contributed by atoms with Crippen molar-refractivity contribution in [2.75, 3.05) is 26.7 Å². The molecule has 0 spiro atoms. The van der Waals surface area contributed by atoms with Gasteiger partial charge in [-0.25, -0.2) is 8.42 Å². The summed E-state index contributed by atoms with van der Waals surface area (Å²) in [6.45, 7) is 1.06. The van der Waals surface area contributed by atoms with Gasteiger partial charge in [-0.15, -0.1) is 0 Å². The van der Waals surface area contributed by atoms with Gasteiger partial charge >= 0.3 is 11.1 Å². The summed E-state index contributed by atoms with van der Waals surface area (Å²) in [5, 5.41) is 0. The van der Waals surface area contributed by atoms with Gasteiger partial charge in [-0.2, -0.15) is 4.31 Å². The van der Waals surface area contributed by atoms with E-state index in [4.69, 9.17) is 0 Å². The summed E-state index contributed by atoms with van der Waals surface area (Å²) in [6.07, 6.45) is 1.86. The van der Waals surface area contributed by atoms with Crippen molar-refractivity contribution >= 4 is 27.0 Å². The van der Waals surface area contributed by atoms with Crippen molar-refractivity contribution in [2.24, 2.45) is 14.1 Å². The number of carbonyl (C=O) groups excluding carboxylic acids is 1. The maximum atomic E-state index is 12.9. The molecule has 0 radical (unpaired) electrons. The van der Waals surface area contributed by atoms with E-state index < -0.39 is 21.1 Å². The third-order valence-corrected chi connectivity index (χ3v) is 6.79. The summed E-state index contributed by atoms with van der Waals surface area (Å²) in [6, 6.07) is 4.21. The second-order valence-electron chi connectivity index (χ2n) is 6.73. The van der Waals surface area contributed by atoms with Crippen LogP contribution in [0.3, 0.4) is 0 Å². The molecule has 1 fully saturated rings. The van der Waals surface area contributed by atoms with E-state index in [-0.39, 0.29) is 17.3 Å². The number of fused-ring (bicyclic) bond motifs is 1. The molecule has 27 heavy (non-hydrogen) atoms. The number of sulfonamides is 1. The number of hydrogen-bond acceptors (Lipinski definition) is 5. The van der Waals surface area contributed by atoms with Gasteiger partial charge in [0.1, 0.15) is 0 Å². The second kappa shape index (κ2) is 6.93. The quantitative estimate of drug-likeness (QED) is 0.650. The summed E-state index contributed by atoms with van der Waals surface area (Å²) in [5.74, 6) is -0.228. The third-order valence-electron chi connectivity index (χ3n) is 4.99.